The topological polar surface area (TPSA) is 60.6 Å². The highest BCUT2D eigenvalue weighted by atomic mass is 19.4. The summed E-state index contributed by atoms with van der Waals surface area (Å²) in [4.78, 5) is 5.41. The first-order valence-electron chi connectivity index (χ1n) is 6.62. The van der Waals surface area contributed by atoms with Gasteiger partial charge < -0.3 is 14.0 Å². The lowest BCUT2D eigenvalue weighted by Crippen LogP contribution is -2.35. The molecular formula is C12H16F3N3O3. The Labute approximate surface area is 119 Å². The first-order chi connectivity index (χ1) is 9.93. The van der Waals surface area contributed by atoms with Gasteiger partial charge in [-0.25, -0.2) is 0 Å². The van der Waals surface area contributed by atoms with E-state index in [1.165, 1.54) is 0 Å². The second-order valence-corrected chi connectivity index (χ2v) is 5.69. The molecule has 0 unspecified atom stereocenters. The molecule has 0 spiro atoms. The predicted octanol–water partition coefficient (Wildman–Crippen LogP) is 1.18. The van der Waals surface area contributed by atoms with Crippen molar-refractivity contribution in [3.8, 4) is 0 Å². The maximum Gasteiger partial charge on any atom is 0.455 e. The van der Waals surface area contributed by atoms with Gasteiger partial charge in [0.05, 0.1) is 26.4 Å². The Morgan fingerprint density at radius 2 is 2.29 bits per heavy atom. The average molecular weight is 307 g/mol. The highest BCUT2D eigenvalue weighted by molar-refractivity contribution is 5.01. The molecule has 2 aliphatic heterocycles. The van der Waals surface area contributed by atoms with E-state index in [2.05, 4.69) is 14.7 Å². The summed E-state index contributed by atoms with van der Waals surface area (Å²) < 4.78 is 52.8. The number of likely N-dealkylation sites (tertiary alicyclic amines) is 1. The first-order valence-corrected chi connectivity index (χ1v) is 6.62. The van der Waals surface area contributed by atoms with Gasteiger partial charge in [0.2, 0.25) is 5.89 Å². The molecule has 3 rings (SSSR count). The molecule has 0 radical (unpaired) electrons. The Bertz CT molecular complexity index is 507. The van der Waals surface area contributed by atoms with Crippen molar-refractivity contribution in [2.75, 3.05) is 40.0 Å². The van der Waals surface area contributed by atoms with Crippen LogP contribution in [0.15, 0.2) is 4.52 Å². The zero-order chi connectivity index (χ0) is 15.1. The monoisotopic (exact) mass is 307 g/mol. The van der Waals surface area contributed by atoms with Gasteiger partial charge in [-0.1, -0.05) is 5.16 Å². The van der Waals surface area contributed by atoms with Crippen LogP contribution in [0.25, 0.3) is 0 Å². The molecule has 21 heavy (non-hydrogen) atoms. The minimum absolute atomic E-state index is 0.0178. The van der Waals surface area contributed by atoms with E-state index >= 15 is 0 Å². The second kappa shape index (κ2) is 5.22. The van der Waals surface area contributed by atoms with Gasteiger partial charge in [0.1, 0.15) is 0 Å². The van der Waals surface area contributed by atoms with E-state index in [-0.39, 0.29) is 17.9 Å². The summed E-state index contributed by atoms with van der Waals surface area (Å²) in [6, 6.07) is 0. The summed E-state index contributed by atoms with van der Waals surface area (Å²) in [5, 5.41) is 2.97. The molecule has 0 N–H and O–H groups in total. The molecule has 2 fully saturated rings. The second-order valence-electron chi connectivity index (χ2n) is 5.69. The normalized spacial score (nSPS) is 30.0. The van der Waals surface area contributed by atoms with Crippen molar-refractivity contribution < 1.29 is 27.2 Å². The number of nitrogens with zero attached hydrogens (tertiary/aromatic N) is 3. The average Bonchev–Trinajstić information content (AvgIpc) is 3.03. The van der Waals surface area contributed by atoms with Crippen LogP contribution in [-0.4, -0.2) is 55.1 Å². The van der Waals surface area contributed by atoms with E-state index < -0.39 is 12.0 Å². The van der Waals surface area contributed by atoms with E-state index in [4.69, 9.17) is 9.47 Å². The van der Waals surface area contributed by atoms with Gasteiger partial charge in [-0.15, -0.1) is 0 Å². The van der Waals surface area contributed by atoms with E-state index in [0.29, 0.717) is 32.3 Å². The molecule has 1 aromatic rings. The molecule has 118 valence electrons. The molecule has 2 aliphatic rings. The van der Waals surface area contributed by atoms with Crippen LogP contribution in [0.1, 0.15) is 11.7 Å². The van der Waals surface area contributed by atoms with E-state index in [1.54, 1.807) is 7.11 Å². The lowest BCUT2D eigenvalue weighted by atomic mass is 9.82. The Morgan fingerprint density at radius 3 is 2.95 bits per heavy atom. The third-order valence-corrected chi connectivity index (χ3v) is 4.10. The lowest BCUT2D eigenvalue weighted by Gasteiger charge is -2.25. The quantitative estimate of drug-likeness (QED) is 0.832. The number of hydrogen-bond donors (Lipinski definition) is 0. The SMILES string of the molecule is COC[C@@]12COC[C@@H]1CN(Cc1nc(C(F)(F)F)no1)C2. The van der Waals surface area contributed by atoms with Crippen molar-refractivity contribution >= 4 is 0 Å². The first kappa shape index (κ1) is 14.7. The molecule has 1 aromatic heterocycles. The van der Waals surface area contributed by atoms with Gasteiger partial charge in [-0.3, -0.25) is 4.90 Å². The molecule has 0 bridgehead atoms. The molecule has 6 nitrogen and oxygen atoms in total. The van der Waals surface area contributed by atoms with Crippen LogP contribution in [0.3, 0.4) is 0 Å². The van der Waals surface area contributed by atoms with E-state index in [9.17, 15) is 13.2 Å². The fraction of sp³-hybridized carbons (Fsp3) is 0.833. The van der Waals surface area contributed by atoms with Crippen molar-refractivity contribution in [1.29, 1.82) is 0 Å². The number of alkyl halides is 3. The maximum absolute atomic E-state index is 12.4. The van der Waals surface area contributed by atoms with Crippen molar-refractivity contribution in [2.24, 2.45) is 11.3 Å². The van der Waals surface area contributed by atoms with Gasteiger partial charge in [-0.05, 0) is 0 Å². The predicted molar refractivity (Wildman–Crippen MR) is 63.2 cm³/mol. The van der Waals surface area contributed by atoms with Crippen LogP contribution in [-0.2, 0) is 22.2 Å². The van der Waals surface area contributed by atoms with Gasteiger partial charge in [-0.2, -0.15) is 18.2 Å². The smallest absolute Gasteiger partial charge is 0.384 e. The highest BCUT2D eigenvalue weighted by Gasteiger charge is 2.50. The number of fused-ring (bicyclic) bond motifs is 1. The summed E-state index contributed by atoms with van der Waals surface area (Å²) in [7, 11) is 1.64. The summed E-state index contributed by atoms with van der Waals surface area (Å²) in [6.45, 7) is 3.47. The summed E-state index contributed by atoms with van der Waals surface area (Å²) >= 11 is 0. The molecule has 0 saturated carbocycles. The molecule has 3 heterocycles. The van der Waals surface area contributed by atoms with Crippen molar-refractivity contribution in [1.82, 2.24) is 15.0 Å². The summed E-state index contributed by atoms with van der Waals surface area (Å²) in [5.74, 6) is -0.926. The number of methoxy groups -OCH3 is 1. The number of rotatable bonds is 4. The molecular weight excluding hydrogens is 291 g/mol. The largest absolute Gasteiger partial charge is 0.455 e. The van der Waals surface area contributed by atoms with Gasteiger partial charge in [0, 0.05) is 31.5 Å². The minimum atomic E-state index is -4.58. The van der Waals surface area contributed by atoms with E-state index in [0.717, 1.165) is 6.54 Å². The van der Waals surface area contributed by atoms with Crippen LogP contribution in [0.5, 0.6) is 0 Å². The molecule has 0 aliphatic carbocycles. The minimum Gasteiger partial charge on any atom is -0.384 e. The molecule has 9 heteroatoms. The molecule has 0 amide bonds. The van der Waals surface area contributed by atoms with E-state index in [1.807, 2.05) is 4.90 Å². The third kappa shape index (κ3) is 2.77. The van der Waals surface area contributed by atoms with Crippen LogP contribution in [0.4, 0.5) is 13.2 Å². The fourth-order valence-corrected chi connectivity index (χ4v) is 3.18. The van der Waals surface area contributed by atoms with Gasteiger partial charge >= 0.3 is 6.18 Å². The van der Waals surface area contributed by atoms with Crippen LogP contribution < -0.4 is 0 Å². The maximum atomic E-state index is 12.4. The standard InChI is InChI=1S/C12H16F3N3O3/c1-19-6-11-5-18(2-8(11)4-20-7-11)3-9-16-10(17-21-9)12(13,14)15/h8H,2-7H2,1H3/t8-,11-/m0/s1. The molecule has 2 atom stereocenters. The Kier molecular flexibility index (Phi) is 3.66. The van der Waals surface area contributed by atoms with Gasteiger partial charge in [0.25, 0.3) is 5.82 Å². The zero-order valence-corrected chi connectivity index (χ0v) is 11.5. The number of hydrogen-bond acceptors (Lipinski definition) is 6. The zero-order valence-electron chi connectivity index (χ0n) is 11.5. The van der Waals surface area contributed by atoms with Crippen molar-refractivity contribution in [2.45, 2.75) is 12.7 Å². The Morgan fingerprint density at radius 1 is 1.48 bits per heavy atom. The van der Waals surface area contributed by atoms with Crippen molar-refractivity contribution in [3.63, 3.8) is 0 Å². The summed E-state index contributed by atoms with van der Waals surface area (Å²) in [6.07, 6.45) is -4.58. The van der Waals surface area contributed by atoms with Crippen molar-refractivity contribution in [3.05, 3.63) is 11.7 Å². The van der Waals surface area contributed by atoms with Crippen LogP contribution >= 0.6 is 0 Å². The summed E-state index contributed by atoms with van der Waals surface area (Å²) in [5.41, 5.74) is -0.0817. The highest BCUT2D eigenvalue weighted by Crippen LogP contribution is 2.41. The number of aromatic nitrogens is 2. The third-order valence-electron chi connectivity index (χ3n) is 4.10. The number of ether oxygens (including phenoxy) is 2. The van der Waals surface area contributed by atoms with Crippen LogP contribution in [0.2, 0.25) is 0 Å². The number of halogens is 3. The Hall–Kier alpha value is -1.19. The van der Waals surface area contributed by atoms with Crippen LogP contribution in [0, 0.1) is 11.3 Å². The van der Waals surface area contributed by atoms with Gasteiger partial charge in [0.15, 0.2) is 0 Å². The molecule has 2 saturated heterocycles. The Balaban J connectivity index is 1.66. The fourth-order valence-electron chi connectivity index (χ4n) is 3.18. The lowest BCUT2D eigenvalue weighted by molar-refractivity contribution is -0.146. The molecule has 0 aromatic carbocycles.